The molecule has 0 amide bonds. The summed E-state index contributed by atoms with van der Waals surface area (Å²) < 4.78 is 29.8. The van der Waals surface area contributed by atoms with Crippen LogP contribution in [0, 0.1) is 50.8 Å². The normalized spacial score (nSPS) is 29.7. The monoisotopic (exact) mass is 736 g/mol. The summed E-state index contributed by atoms with van der Waals surface area (Å²) in [5.74, 6) is -0.0171. The molecule has 0 spiro atoms. The number of carbonyl (C=O) groups excluding carboxylic acids is 2. The molecule has 1 N–H and O–H groups in total. The van der Waals surface area contributed by atoms with Gasteiger partial charge in [0.1, 0.15) is 30.6 Å². The van der Waals surface area contributed by atoms with Crippen molar-refractivity contribution in [3.63, 3.8) is 0 Å². The number of rotatable bonds is 8. The smallest absolute Gasteiger partial charge is 0.338 e. The van der Waals surface area contributed by atoms with E-state index in [1.165, 1.54) is 59.3 Å². The lowest BCUT2D eigenvalue weighted by molar-refractivity contribution is -0.385. The van der Waals surface area contributed by atoms with E-state index in [-0.39, 0.29) is 53.4 Å². The summed E-state index contributed by atoms with van der Waals surface area (Å²) >= 11 is 0. The lowest BCUT2D eigenvalue weighted by Gasteiger charge is -2.21. The van der Waals surface area contributed by atoms with Gasteiger partial charge in [-0.2, -0.15) is 0 Å². The number of esters is 2. The molecule has 0 bridgehead atoms. The van der Waals surface area contributed by atoms with E-state index in [1.807, 2.05) is 6.92 Å². The molecule has 1 unspecified atom stereocenters. The molecule has 7 rings (SSSR count). The highest BCUT2D eigenvalue weighted by molar-refractivity contribution is 5.90. The van der Waals surface area contributed by atoms with Gasteiger partial charge in [-0.15, -0.1) is 0 Å². The predicted octanol–water partition coefficient (Wildman–Crippen LogP) is 4.46. The number of methoxy groups -OCH3 is 1. The number of carbonyl (C=O) groups is 2. The average molecular weight is 737 g/mol. The van der Waals surface area contributed by atoms with Crippen LogP contribution in [-0.2, 0) is 23.7 Å². The van der Waals surface area contributed by atoms with Crippen LogP contribution < -0.4 is 11.2 Å². The minimum Gasteiger partial charge on any atom is -0.456 e. The number of fused-ring (bicyclic) bond motifs is 2. The van der Waals surface area contributed by atoms with Gasteiger partial charge in [-0.3, -0.25) is 34.6 Å². The highest BCUT2D eigenvalue weighted by atomic mass is 16.7. The first kappa shape index (κ1) is 37.5. The van der Waals surface area contributed by atoms with E-state index >= 15 is 0 Å². The standard InChI is InChI=1S/C20H21N3O7.C16H19NO6/c1-10-7-15(29-19(25)12-3-5-13(6-4-12)23(27)28)17-14(10)8-16(30-17)22-9-11(2)18(24)21-20(22)26;1-9-7-13(15-12(9)8-14(21-2)23-15)22-16(18)10-3-5-11(6-4-10)17(19)20/h3-6,9-10,14-17H,7-8H2,1-2H3,(H,21,24,26);3-6,9,12-15H,7-8H2,1-2H3/t10-,14+,15-,16+,17+;9-,12+,13-,14?,15+/m11/s1. The van der Waals surface area contributed by atoms with Gasteiger partial charge in [0.15, 0.2) is 6.29 Å². The molecule has 17 heteroatoms. The first-order valence-electron chi connectivity index (χ1n) is 17.3. The average Bonchev–Trinajstić information content (AvgIpc) is 3.90. The van der Waals surface area contributed by atoms with E-state index in [1.54, 1.807) is 14.0 Å². The van der Waals surface area contributed by atoms with Crippen molar-refractivity contribution in [1.82, 2.24) is 9.55 Å². The Kier molecular flexibility index (Phi) is 10.9. The molecule has 10 atom stereocenters. The Hall–Kier alpha value is -5.26. The number of nitrogens with zero attached hydrogens (tertiary/aromatic N) is 3. The Morgan fingerprint density at radius 2 is 1.25 bits per heavy atom. The lowest BCUT2D eigenvalue weighted by Crippen LogP contribution is -2.34. The Labute approximate surface area is 302 Å². The molecule has 2 aromatic carbocycles. The first-order chi connectivity index (χ1) is 25.2. The zero-order valence-electron chi connectivity index (χ0n) is 29.4. The summed E-state index contributed by atoms with van der Waals surface area (Å²) in [4.78, 5) is 71.2. The van der Waals surface area contributed by atoms with Gasteiger partial charge in [0.05, 0.1) is 21.0 Å². The minimum absolute atomic E-state index is 0.0573. The van der Waals surface area contributed by atoms with Crippen molar-refractivity contribution in [2.24, 2.45) is 23.7 Å². The van der Waals surface area contributed by atoms with Crippen LogP contribution >= 0.6 is 0 Å². The molecule has 4 fully saturated rings. The highest BCUT2D eigenvalue weighted by Crippen LogP contribution is 2.47. The van der Waals surface area contributed by atoms with Crippen molar-refractivity contribution in [3.05, 3.63) is 112 Å². The van der Waals surface area contributed by atoms with Gasteiger partial charge in [-0.05, 0) is 74.1 Å². The van der Waals surface area contributed by atoms with Crippen LogP contribution in [0.25, 0.3) is 0 Å². The van der Waals surface area contributed by atoms with Crippen LogP contribution in [0.4, 0.5) is 11.4 Å². The number of hydrogen-bond acceptors (Lipinski definition) is 13. The predicted molar refractivity (Wildman–Crippen MR) is 184 cm³/mol. The number of nitro benzene ring substituents is 2. The Morgan fingerprint density at radius 1 is 0.774 bits per heavy atom. The van der Waals surface area contributed by atoms with E-state index in [0.717, 1.165) is 12.8 Å². The number of hydrogen-bond donors (Lipinski definition) is 1. The maximum atomic E-state index is 12.5. The number of non-ortho nitro benzene ring substituents is 2. The third-order valence-electron chi connectivity index (χ3n) is 10.7. The van der Waals surface area contributed by atoms with Gasteiger partial charge < -0.3 is 23.7 Å². The minimum atomic E-state index is -0.577. The highest BCUT2D eigenvalue weighted by Gasteiger charge is 2.52. The molecule has 282 valence electrons. The summed E-state index contributed by atoms with van der Waals surface area (Å²) in [6, 6.07) is 10.6. The van der Waals surface area contributed by atoms with E-state index in [0.29, 0.717) is 35.8 Å². The molecule has 3 aromatic rings. The van der Waals surface area contributed by atoms with Crippen LogP contribution in [0.2, 0.25) is 0 Å². The fourth-order valence-electron chi connectivity index (χ4n) is 7.79. The second-order valence-electron chi connectivity index (χ2n) is 14.0. The molecule has 0 radical (unpaired) electrons. The number of nitrogens with one attached hydrogen (secondary N) is 1. The number of aromatic amines is 1. The third-order valence-corrected chi connectivity index (χ3v) is 10.7. The zero-order chi connectivity index (χ0) is 38.1. The molecule has 2 aliphatic heterocycles. The quantitative estimate of drug-likeness (QED) is 0.192. The fourth-order valence-corrected chi connectivity index (χ4v) is 7.79. The van der Waals surface area contributed by atoms with E-state index in [4.69, 9.17) is 23.7 Å². The van der Waals surface area contributed by atoms with Crippen molar-refractivity contribution in [1.29, 1.82) is 0 Å². The Morgan fingerprint density at radius 3 is 1.72 bits per heavy atom. The molecular weight excluding hydrogens is 696 g/mol. The van der Waals surface area contributed by atoms with Crippen LogP contribution in [0.5, 0.6) is 0 Å². The molecular formula is C36H40N4O13. The van der Waals surface area contributed by atoms with Crippen LogP contribution in [-0.4, -0.2) is 69.2 Å². The maximum Gasteiger partial charge on any atom is 0.338 e. The fraction of sp³-hybridized carbons (Fsp3) is 0.500. The topological polar surface area (TPSA) is 221 Å². The van der Waals surface area contributed by atoms with Crippen molar-refractivity contribution < 1.29 is 43.1 Å². The van der Waals surface area contributed by atoms with Gasteiger partial charge in [0.2, 0.25) is 0 Å². The third kappa shape index (κ3) is 7.91. The zero-order valence-corrected chi connectivity index (χ0v) is 29.4. The van der Waals surface area contributed by atoms with Crippen LogP contribution in [0.3, 0.4) is 0 Å². The van der Waals surface area contributed by atoms with E-state index in [2.05, 4.69) is 11.9 Å². The van der Waals surface area contributed by atoms with Gasteiger partial charge in [-0.25, -0.2) is 14.4 Å². The van der Waals surface area contributed by atoms with Crippen molar-refractivity contribution in [3.8, 4) is 0 Å². The number of H-pyrrole nitrogens is 1. The molecule has 1 aromatic heterocycles. The second-order valence-corrected chi connectivity index (χ2v) is 14.0. The number of aromatic nitrogens is 2. The van der Waals surface area contributed by atoms with Crippen molar-refractivity contribution in [2.75, 3.05) is 7.11 Å². The van der Waals surface area contributed by atoms with Gasteiger partial charge >= 0.3 is 17.6 Å². The molecule has 2 aliphatic carbocycles. The lowest BCUT2D eigenvalue weighted by atomic mass is 9.94. The molecule has 53 heavy (non-hydrogen) atoms. The Balaban J connectivity index is 0.000000188. The first-order valence-corrected chi connectivity index (χ1v) is 17.3. The number of ether oxygens (including phenoxy) is 5. The summed E-state index contributed by atoms with van der Waals surface area (Å²) in [5, 5.41) is 21.4. The van der Waals surface area contributed by atoms with Crippen LogP contribution in [0.15, 0.2) is 64.3 Å². The van der Waals surface area contributed by atoms with Crippen LogP contribution in [0.1, 0.15) is 72.0 Å². The van der Waals surface area contributed by atoms with E-state index in [9.17, 15) is 39.4 Å². The van der Waals surface area contributed by atoms with E-state index < -0.39 is 45.4 Å². The largest absolute Gasteiger partial charge is 0.456 e. The molecule has 17 nitrogen and oxygen atoms in total. The maximum absolute atomic E-state index is 12.5. The summed E-state index contributed by atoms with van der Waals surface area (Å²) in [6.45, 7) is 5.78. The number of benzene rings is 2. The van der Waals surface area contributed by atoms with Gasteiger partial charge in [0.25, 0.3) is 16.9 Å². The molecule has 2 saturated carbocycles. The van der Waals surface area contributed by atoms with Gasteiger partial charge in [-0.1, -0.05) is 13.8 Å². The summed E-state index contributed by atoms with van der Waals surface area (Å²) in [6.07, 6.45) is 2.15. The second kappa shape index (κ2) is 15.4. The van der Waals surface area contributed by atoms with Gasteiger partial charge in [0, 0.05) is 49.6 Å². The number of aryl methyl sites for hydroxylation is 1. The van der Waals surface area contributed by atoms with Crippen molar-refractivity contribution in [2.45, 2.75) is 83.4 Å². The van der Waals surface area contributed by atoms with Crippen molar-refractivity contribution >= 4 is 23.3 Å². The molecule has 2 saturated heterocycles. The number of nitro groups is 2. The molecule has 3 heterocycles. The molecule has 4 aliphatic rings. The summed E-state index contributed by atoms with van der Waals surface area (Å²) in [7, 11) is 1.61. The summed E-state index contributed by atoms with van der Waals surface area (Å²) in [5.41, 5.74) is -0.209. The Bertz CT molecular complexity index is 1980. The SMILES string of the molecule is COC1C[C@@H]2[C@H](O1)[C@H](OC(=O)c1ccc([N+](=O)[O-])cc1)C[C@H]2C.Cc1cn([C@@H]2C[C@@H]3[C@H](O2)[C@H](OC(=O)c2ccc([N+](=O)[O-])cc2)C[C@H]3C)c(=O)[nH]c1=O.